The van der Waals surface area contributed by atoms with E-state index in [4.69, 9.17) is 10.5 Å². The molecule has 144 valence electrons. The van der Waals surface area contributed by atoms with Crippen molar-refractivity contribution in [3.63, 3.8) is 0 Å². The van der Waals surface area contributed by atoms with Gasteiger partial charge in [0.2, 0.25) is 0 Å². The Balaban J connectivity index is 2.27. The number of rotatable bonds is 8. The summed E-state index contributed by atoms with van der Waals surface area (Å²) in [5, 5.41) is 0. The zero-order valence-corrected chi connectivity index (χ0v) is 16.9. The second-order valence-corrected chi connectivity index (χ2v) is 8.03. The van der Waals surface area contributed by atoms with Gasteiger partial charge < -0.3 is 10.5 Å². The van der Waals surface area contributed by atoms with Crippen LogP contribution in [0.15, 0.2) is 29.8 Å². The quantitative estimate of drug-likeness (QED) is 0.288. The van der Waals surface area contributed by atoms with Crippen LogP contribution in [-0.4, -0.2) is 12.0 Å². The van der Waals surface area contributed by atoms with Crippen molar-refractivity contribution in [3.8, 4) is 5.75 Å². The van der Waals surface area contributed by atoms with Gasteiger partial charge in [-0.25, -0.2) is 4.79 Å². The minimum absolute atomic E-state index is 0.0653. The number of hydrogen-bond acceptors (Lipinski definition) is 3. The molecular formula is C23H35NO2. The minimum Gasteiger partial charge on any atom is -0.425 e. The maximum absolute atomic E-state index is 12.5. The second kappa shape index (κ2) is 9.91. The molecule has 2 N–H and O–H groups in total. The number of nitrogens with two attached hydrogens (primary N) is 1. The van der Waals surface area contributed by atoms with E-state index >= 15 is 0 Å². The van der Waals surface area contributed by atoms with Crippen LogP contribution in [0.1, 0.15) is 83.3 Å². The summed E-state index contributed by atoms with van der Waals surface area (Å²) in [6.45, 7) is 8.29. The first-order valence-electron chi connectivity index (χ1n) is 10.2. The molecular weight excluding hydrogens is 322 g/mol. The lowest BCUT2D eigenvalue weighted by Gasteiger charge is -2.23. The van der Waals surface area contributed by atoms with E-state index in [1.54, 1.807) is 0 Å². The molecule has 2 rings (SSSR count). The first kappa shape index (κ1) is 20.7. The molecule has 26 heavy (non-hydrogen) atoms. The SMILES string of the molecule is CCCCCc1ccc(C2C=C(C)CCC2)c(OC(=O)C(N)C(C)C)c1. The van der Waals surface area contributed by atoms with Gasteiger partial charge in [-0.05, 0) is 56.6 Å². The summed E-state index contributed by atoms with van der Waals surface area (Å²) < 4.78 is 5.81. The molecule has 0 aliphatic heterocycles. The third kappa shape index (κ3) is 5.70. The maximum Gasteiger partial charge on any atom is 0.328 e. The minimum atomic E-state index is -0.588. The number of allylic oxidation sites excluding steroid dienone is 2. The van der Waals surface area contributed by atoms with Crippen LogP contribution in [0, 0.1) is 5.92 Å². The van der Waals surface area contributed by atoms with Gasteiger partial charge in [-0.1, -0.05) is 57.4 Å². The topological polar surface area (TPSA) is 52.3 Å². The fourth-order valence-corrected chi connectivity index (χ4v) is 3.51. The van der Waals surface area contributed by atoms with E-state index in [0.29, 0.717) is 11.7 Å². The molecule has 3 heteroatoms. The Bertz CT molecular complexity index is 633. The third-order valence-corrected chi connectivity index (χ3v) is 5.32. The molecule has 0 amide bonds. The van der Waals surface area contributed by atoms with Crippen molar-refractivity contribution in [1.82, 2.24) is 0 Å². The summed E-state index contributed by atoms with van der Waals surface area (Å²) >= 11 is 0. The zero-order chi connectivity index (χ0) is 19.1. The summed E-state index contributed by atoms with van der Waals surface area (Å²) in [5.74, 6) is 0.765. The lowest BCUT2D eigenvalue weighted by molar-refractivity contribution is -0.136. The van der Waals surface area contributed by atoms with Crippen LogP contribution in [0.2, 0.25) is 0 Å². The Hall–Kier alpha value is -1.61. The molecule has 2 atom stereocenters. The highest BCUT2D eigenvalue weighted by molar-refractivity contribution is 5.78. The smallest absolute Gasteiger partial charge is 0.328 e. The van der Waals surface area contributed by atoms with Gasteiger partial charge in [-0.2, -0.15) is 0 Å². The van der Waals surface area contributed by atoms with Crippen LogP contribution in [-0.2, 0) is 11.2 Å². The van der Waals surface area contributed by atoms with Crippen LogP contribution in [0.4, 0.5) is 0 Å². The molecule has 0 aromatic heterocycles. The van der Waals surface area contributed by atoms with Crippen LogP contribution in [0.25, 0.3) is 0 Å². The van der Waals surface area contributed by atoms with Crippen LogP contribution < -0.4 is 10.5 Å². The van der Waals surface area contributed by atoms with Gasteiger partial charge in [0.25, 0.3) is 0 Å². The van der Waals surface area contributed by atoms with E-state index < -0.39 is 6.04 Å². The maximum atomic E-state index is 12.5. The molecule has 1 aromatic rings. The summed E-state index contributed by atoms with van der Waals surface area (Å²) in [6.07, 6.45) is 10.4. The number of esters is 1. The van der Waals surface area contributed by atoms with Crippen LogP contribution in [0.5, 0.6) is 5.75 Å². The Morgan fingerprint density at radius 3 is 2.73 bits per heavy atom. The first-order chi connectivity index (χ1) is 12.4. The van der Waals surface area contributed by atoms with E-state index in [1.807, 2.05) is 13.8 Å². The summed E-state index contributed by atoms with van der Waals surface area (Å²) in [4.78, 5) is 12.5. The number of carbonyl (C=O) groups is 1. The van der Waals surface area contributed by atoms with Crippen LogP contribution in [0.3, 0.4) is 0 Å². The monoisotopic (exact) mass is 357 g/mol. The second-order valence-electron chi connectivity index (χ2n) is 8.03. The zero-order valence-electron chi connectivity index (χ0n) is 16.9. The van der Waals surface area contributed by atoms with E-state index in [9.17, 15) is 4.79 Å². The molecule has 0 radical (unpaired) electrons. The third-order valence-electron chi connectivity index (χ3n) is 5.32. The van der Waals surface area contributed by atoms with Crippen molar-refractivity contribution >= 4 is 5.97 Å². The molecule has 3 nitrogen and oxygen atoms in total. The first-order valence-corrected chi connectivity index (χ1v) is 10.2. The largest absolute Gasteiger partial charge is 0.425 e. The van der Waals surface area contributed by atoms with E-state index in [2.05, 4.69) is 38.1 Å². The number of benzene rings is 1. The highest BCUT2D eigenvalue weighted by Gasteiger charge is 2.23. The van der Waals surface area contributed by atoms with Gasteiger partial charge in [0.1, 0.15) is 11.8 Å². The molecule has 0 saturated heterocycles. The van der Waals surface area contributed by atoms with Crippen molar-refractivity contribution in [3.05, 3.63) is 41.0 Å². The van der Waals surface area contributed by atoms with Gasteiger partial charge >= 0.3 is 5.97 Å². The van der Waals surface area contributed by atoms with Gasteiger partial charge in [0.05, 0.1) is 0 Å². The summed E-state index contributed by atoms with van der Waals surface area (Å²) in [5.41, 5.74) is 9.78. The van der Waals surface area contributed by atoms with Gasteiger partial charge in [-0.15, -0.1) is 0 Å². The Kier molecular flexibility index (Phi) is 7.89. The molecule has 0 heterocycles. The van der Waals surface area contributed by atoms with Crippen LogP contribution >= 0.6 is 0 Å². The predicted octanol–water partition coefficient (Wildman–Crippen LogP) is 5.52. The number of ether oxygens (including phenoxy) is 1. The van der Waals surface area contributed by atoms with E-state index in [0.717, 1.165) is 24.8 Å². The van der Waals surface area contributed by atoms with Crippen molar-refractivity contribution in [2.75, 3.05) is 0 Å². The molecule has 2 unspecified atom stereocenters. The fraction of sp³-hybridized carbons (Fsp3) is 0.609. The van der Waals surface area contributed by atoms with E-state index in [1.165, 1.54) is 36.8 Å². The normalized spacial score (nSPS) is 18.5. The Morgan fingerprint density at radius 1 is 1.31 bits per heavy atom. The summed E-state index contributed by atoms with van der Waals surface area (Å²) in [7, 11) is 0. The Morgan fingerprint density at radius 2 is 2.08 bits per heavy atom. The molecule has 1 aliphatic rings. The summed E-state index contributed by atoms with van der Waals surface area (Å²) in [6, 6.07) is 5.83. The molecule has 0 bridgehead atoms. The molecule has 1 aromatic carbocycles. The average molecular weight is 358 g/mol. The van der Waals surface area contributed by atoms with Crippen molar-refractivity contribution < 1.29 is 9.53 Å². The van der Waals surface area contributed by atoms with Gasteiger partial charge in [-0.3, -0.25) is 0 Å². The number of carbonyl (C=O) groups excluding carboxylic acids is 1. The fourth-order valence-electron chi connectivity index (χ4n) is 3.51. The number of aryl methyl sites for hydroxylation is 1. The number of hydrogen-bond donors (Lipinski definition) is 1. The Labute approximate surface area is 159 Å². The molecule has 0 fully saturated rings. The van der Waals surface area contributed by atoms with Gasteiger partial charge in [0.15, 0.2) is 0 Å². The molecule has 0 spiro atoms. The predicted molar refractivity (Wildman–Crippen MR) is 108 cm³/mol. The van der Waals surface area contributed by atoms with Gasteiger partial charge in [0, 0.05) is 11.5 Å². The lowest BCUT2D eigenvalue weighted by Crippen LogP contribution is -2.38. The highest BCUT2D eigenvalue weighted by Crippen LogP contribution is 2.37. The van der Waals surface area contributed by atoms with E-state index in [-0.39, 0.29) is 11.9 Å². The van der Waals surface area contributed by atoms with Crippen molar-refractivity contribution in [2.45, 2.75) is 84.6 Å². The van der Waals surface area contributed by atoms with Crippen molar-refractivity contribution in [2.24, 2.45) is 11.7 Å². The number of unbranched alkanes of at least 4 members (excludes halogenated alkanes) is 2. The lowest BCUT2D eigenvalue weighted by atomic mass is 9.85. The average Bonchev–Trinajstić information content (AvgIpc) is 2.61. The molecule has 0 saturated carbocycles. The highest BCUT2D eigenvalue weighted by atomic mass is 16.5. The molecule has 1 aliphatic carbocycles. The standard InChI is InChI=1S/C23H35NO2/c1-5-6-7-10-18-12-13-20(19-11-8-9-17(4)14-19)21(15-18)26-23(25)22(24)16(2)3/h12-16,19,22H,5-11,24H2,1-4H3. The van der Waals surface area contributed by atoms with Crippen molar-refractivity contribution in [1.29, 1.82) is 0 Å².